The van der Waals surface area contributed by atoms with Gasteiger partial charge in [0.25, 0.3) is 0 Å². The highest BCUT2D eigenvalue weighted by Crippen LogP contribution is 2.19. The average molecular weight is 332 g/mol. The van der Waals surface area contributed by atoms with Crippen LogP contribution in [0.4, 0.5) is 17.6 Å². The molecule has 0 radical (unpaired) electrons. The van der Waals surface area contributed by atoms with Gasteiger partial charge in [0.05, 0.1) is 6.54 Å². The zero-order valence-corrected chi connectivity index (χ0v) is 12.8. The quantitative estimate of drug-likeness (QED) is 0.504. The van der Waals surface area contributed by atoms with Crippen molar-refractivity contribution in [2.75, 3.05) is 26.7 Å². The lowest BCUT2D eigenvalue weighted by Gasteiger charge is -2.19. The van der Waals surface area contributed by atoms with Crippen LogP contribution in [0.5, 0.6) is 0 Å². The van der Waals surface area contributed by atoms with Crippen molar-refractivity contribution in [2.45, 2.75) is 25.2 Å². The molecule has 2 N–H and O–H groups in total. The van der Waals surface area contributed by atoms with Crippen LogP contribution in [0, 0.1) is 5.82 Å². The summed E-state index contributed by atoms with van der Waals surface area (Å²) in [5.41, 5.74) is 0.762. The molecular weight excluding hydrogens is 312 g/mol. The summed E-state index contributed by atoms with van der Waals surface area (Å²) in [6.07, 6.45) is -3.55. The van der Waals surface area contributed by atoms with Crippen LogP contribution in [-0.2, 0) is 6.54 Å². The van der Waals surface area contributed by atoms with Crippen molar-refractivity contribution >= 4 is 5.96 Å². The molecule has 1 aliphatic heterocycles. The van der Waals surface area contributed by atoms with Crippen LogP contribution in [0.2, 0.25) is 0 Å². The van der Waals surface area contributed by atoms with Gasteiger partial charge in [-0.15, -0.1) is 0 Å². The number of benzene rings is 1. The Balaban J connectivity index is 1.79. The Kier molecular flexibility index (Phi) is 5.81. The van der Waals surface area contributed by atoms with Gasteiger partial charge in [-0.05, 0) is 24.1 Å². The summed E-state index contributed by atoms with van der Waals surface area (Å²) < 4.78 is 50.2. The molecule has 23 heavy (non-hydrogen) atoms. The topological polar surface area (TPSA) is 39.7 Å². The van der Waals surface area contributed by atoms with Gasteiger partial charge in [0.15, 0.2) is 5.96 Å². The van der Waals surface area contributed by atoms with Gasteiger partial charge in [-0.1, -0.05) is 12.1 Å². The Labute approximate surface area is 132 Å². The molecule has 128 valence electrons. The molecule has 0 bridgehead atoms. The molecule has 0 aromatic heterocycles. The minimum Gasteiger partial charge on any atom is -0.352 e. The third kappa shape index (κ3) is 6.05. The molecule has 1 aromatic rings. The molecule has 4 nitrogen and oxygen atoms in total. The highest BCUT2D eigenvalue weighted by Gasteiger charge is 2.34. The molecule has 1 atom stereocenters. The van der Waals surface area contributed by atoms with Gasteiger partial charge < -0.3 is 10.6 Å². The molecule has 1 aromatic carbocycles. The van der Waals surface area contributed by atoms with Crippen LogP contribution >= 0.6 is 0 Å². The van der Waals surface area contributed by atoms with Crippen molar-refractivity contribution in [1.29, 1.82) is 0 Å². The fourth-order valence-corrected chi connectivity index (χ4v) is 2.57. The second kappa shape index (κ2) is 7.63. The number of rotatable bonds is 4. The maximum atomic E-state index is 13.1. The van der Waals surface area contributed by atoms with E-state index >= 15 is 0 Å². The van der Waals surface area contributed by atoms with Gasteiger partial charge >= 0.3 is 6.18 Å². The van der Waals surface area contributed by atoms with Crippen molar-refractivity contribution in [3.63, 3.8) is 0 Å². The smallest absolute Gasteiger partial charge is 0.352 e. The monoisotopic (exact) mass is 332 g/mol. The Morgan fingerprint density at radius 3 is 2.83 bits per heavy atom. The van der Waals surface area contributed by atoms with E-state index in [1.165, 1.54) is 17.0 Å². The van der Waals surface area contributed by atoms with Crippen molar-refractivity contribution in [1.82, 2.24) is 15.5 Å². The molecule has 0 aliphatic carbocycles. The maximum absolute atomic E-state index is 13.1. The SMILES string of the molecule is CN=C(NCc1cccc(F)c1)NC1CCN(CC(F)(F)F)C1. The fourth-order valence-electron chi connectivity index (χ4n) is 2.57. The Morgan fingerprint density at radius 1 is 1.39 bits per heavy atom. The number of guanidine groups is 1. The van der Waals surface area contributed by atoms with Crippen LogP contribution in [-0.4, -0.2) is 49.8 Å². The summed E-state index contributed by atoms with van der Waals surface area (Å²) in [5, 5.41) is 6.14. The Hall–Kier alpha value is -1.83. The number of alkyl halides is 3. The number of hydrogen-bond donors (Lipinski definition) is 2. The highest BCUT2D eigenvalue weighted by atomic mass is 19.4. The van der Waals surface area contributed by atoms with E-state index in [9.17, 15) is 17.6 Å². The minimum atomic E-state index is -4.17. The first-order valence-corrected chi connectivity index (χ1v) is 7.36. The second-order valence-electron chi connectivity index (χ2n) is 5.54. The van der Waals surface area contributed by atoms with Gasteiger partial charge in [0, 0.05) is 32.7 Å². The Bertz CT molecular complexity index is 545. The first-order chi connectivity index (χ1) is 10.9. The first-order valence-electron chi connectivity index (χ1n) is 7.36. The van der Waals surface area contributed by atoms with E-state index in [4.69, 9.17) is 0 Å². The lowest BCUT2D eigenvalue weighted by Crippen LogP contribution is -2.44. The molecule has 1 aliphatic rings. The summed E-state index contributed by atoms with van der Waals surface area (Å²) in [5.74, 6) is 0.180. The van der Waals surface area contributed by atoms with Gasteiger partial charge in [0.1, 0.15) is 5.82 Å². The average Bonchev–Trinajstić information content (AvgIpc) is 2.88. The van der Waals surface area contributed by atoms with Crippen molar-refractivity contribution in [2.24, 2.45) is 4.99 Å². The number of hydrogen-bond acceptors (Lipinski definition) is 2. The zero-order chi connectivity index (χ0) is 16.9. The van der Waals surface area contributed by atoms with Gasteiger partial charge in [-0.3, -0.25) is 9.89 Å². The van der Waals surface area contributed by atoms with E-state index in [0.29, 0.717) is 32.0 Å². The van der Waals surface area contributed by atoms with Crippen molar-refractivity contribution in [3.8, 4) is 0 Å². The normalized spacial score (nSPS) is 19.9. The molecule has 2 rings (SSSR count). The van der Waals surface area contributed by atoms with Gasteiger partial charge in [-0.2, -0.15) is 13.2 Å². The predicted molar refractivity (Wildman–Crippen MR) is 80.6 cm³/mol. The molecule has 0 amide bonds. The molecule has 0 spiro atoms. The van der Waals surface area contributed by atoms with Gasteiger partial charge in [-0.25, -0.2) is 4.39 Å². The summed E-state index contributed by atoms with van der Waals surface area (Å²) in [6, 6.07) is 6.10. The molecule has 8 heteroatoms. The van der Waals surface area contributed by atoms with E-state index < -0.39 is 12.7 Å². The molecule has 0 saturated carbocycles. The lowest BCUT2D eigenvalue weighted by molar-refractivity contribution is -0.143. The standard InChI is InChI=1S/C15H20F4N4/c1-20-14(21-8-11-3-2-4-12(16)7-11)22-13-5-6-23(9-13)10-15(17,18)19/h2-4,7,13H,5-6,8-10H2,1H3,(H2,20,21,22). The Morgan fingerprint density at radius 2 is 2.17 bits per heavy atom. The van der Waals surface area contributed by atoms with E-state index in [2.05, 4.69) is 15.6 Å². The third-order valence-corrected chi connectivity index (χ3v) is 3.59. The molecule has 1 fully saturated rings. The van der Waals surface area contributed by atoms with Crippen molar-refractivity contribution < 1.29 is 17.6 Å². The van der Waals surface area contributed by atoms with Crippen LogP contribution in [0.3, 0.4) is 0 Å². The summed E-state index contributed by atoms with van der Waals surface area (Å²) in [7, 11) is 1.59. The third-order valence-electron chi connectivity index (χ3n) is 3.59. The largest absolute Gasteiger partial charge is 0.401 e. The number of nitrogens with one attached hydrogen (secondary N) is 2. The maximum Gasteiger partial charge on any atom is 0.401 e. The number of nitrogens with zero attached hydrogens (tertiary/aromatic N) is 2. The van der Waals surface area contributed by atoms with Crippen LogP contribution < -0.4 is 10.6 Å². The number of halogens is 4. The van der Waals surface area contributed by atoms with Crippen molar-refractivity contribution in [3.05, 3.63) is 35.6 Å². The number of aliphatic imine (C=N–C) groups is 1. The number of likely N-dealkylation sites (tertiary alicyclic amines) is 1. The molecule has 1 unspecified atom stereocenters. The summed E-state index contributed by atoms with van der Waals surface area (Å²) in [4.78, 5) is 5.42. The second-order valence-corrected chi connectivity index (χ2v) is 5.54. The predicted octanol–water partition coefficient (Wildman–Crippen LogP) is 2.13. The van der Waals surface area contributed by atoms with Crippen LogP contribution in [0.15, 0.2) is 29.3 Å². The summed E-state index contributed by atoms with van der Waals surface area (Å²) in [6.45, 7) is 0.217. The van der Waals surface area contributed by atoms with Gasteiger partial charge in [0.2, 0.25) is 0 Å². The minimum absolute atomic E-state index is 0.0870. The molecular formula is C15H20F4N4. The highest BCUT2D eigenvalue weighted by molar-refractivity contribution is 5.80. The first kappa shape index (κ1) is 17.5. The van der Waals surface area contributed by atoms with E-state index in [-0.39, 0.29) is 11.9 Å². The lowest BCUT2D eigenvalue weighted by atomic mass is 10.2. The molecule has 1 saturated heterocycles. The van der Waals surface area contributed by atoms with Crippen LogP contribution in [0.1, 0.15) is 12.0 Å². The summed E-state index contributed by atoms with van der Waals surface area (Å²) >= 11 is 0. The van der Waals surface area contributed by atoms with E-state index in [1.54, 1.807) is 19.2 Å². The van der Waals surface area contributed by atoms with E-state index in [1.807, 2.05) is 0 Å². The van der Waals surface area contributed by atoms with E-state index in [0.717, 1.165) is 5.56 Å². The zero-order valence-electron chi connectivity index (χ0n) is 12.8. The fraction of sp³-hybridized carbons (Fsp3) is 0.533. The van der Waals surface area contributed by atoms with Crippen LogP contribution in [0.25, 0.3) is 0 Å². The molecule has 1 heterocycles.